The molecule has 0 bridgehead atoms. The molecule has 0 spiro atoms. The van der Waals surface area contributed by atoms with Crippen LogP contribution in [0.4, 0.5) is 0 Å². The van der Waals surface area contributed by atoms with E-state index < -0.39 is 0 Å². The number of guanidine groups is 1. The summed E-state index contributed by atoms with van der Waals surface area (Å²) in [4.78, 5) is 4.76. The van der Waals surface area contributed by atoms with Gasteiger partial charge in [-0.05, 0) is 44.4 Å². The van der Waals surface area contributed by atoms with Crippen LogP contribution >= 0.6 is 0 Å². The Labute approximate surface area is 173 Å². The number of aliphatic imine (C=N–C) groups is 1. The van der Waals surface area contributed by atoms with Crippen molar-refractivity contribution in [3.05, 3.63) is 47.3 Å². The molecule has 1 unspecified atom stereocenters. The second-order valence-corrected chi connectivity index (χ2v) is 7.47. The second-order valence-electron chi connectivity index (χ2n) is 7.47. The fraction of sp³-hybridized carbons (Fsp3) is 0.545. The number of aryl methyl sites for hydroxylation is 3. The van der Waals surface area contributed by atoms with Crippen LogP contribution < -0.4 is 15.4 Å². The molecule has 7 nitrogen and oxygen atoms in total. The number of ether oxygens (including phenoxy) is 2. The van der Waals surface area contributed by atoms with Gasteiger partial charge in [-0.1, -0.05) is 12.1 Å². The summed E-state index contributed by atoms with van der Waals surface area (Å²) >= 11 is 0. The Kier molecular flexibility index (Phi) is 7.93. The quantitative estimate of drug-likeness (QED) is 0.385. The number of aromatic nitrogens is 2. The van der Waals surface area contributed by atoms with E-state index in [-0.39, 0.29) is 6.10 Å². The molecule has 0 amide bonds. The summed E-state index contributed by atoms with van der Waals surface area (Å²) in [5.74, 6) is 1.73. The summed E-state index contributed by atoms with van der Waals surface area (Å²) in [6.07, 6.45) is 6.01. The van der Waals surface area contributed by atoms with Crippen LogP contribution in [-0.2, 0) is 17.8 Å². The lowest BCUT2D eigenvalue weighted by Crippen LogP contribution is -2.38. The number of hydrogen-bond donors (Lipinski definition) is 2. The third-order valence-corrected chi connectivity index (χ3v) is 4.77. The lowest BCUT2D eigenvalue weighted by molar-refractivity contribution is 0.140. The minimum atomic E-state index is 0.136. The summed E-state index contributed by atoms with van der Waals surface area (Å²) in [6.45, 7) is 10.8. The third-order valence-electron chi connectivity index (χ3n) is 4.77. The van der Waals surface area contributed by atoms with Gasteiger partial charge in [0, 0.05) is 37.8 Å². The molecular weight excluding hydrogens is 366 g/mol. The van der Waals surface area contributed by atoms with Crippen molar-refractivity contribution >= 4 is 5.96 Å². The molecule has 1 saturated heterocycles. The van der Waals surface area contributed by atoms with Gasteiger partial charge in [0.05, 0.1) is 26.0 Å². The molecule has 1 aromatic carbocycles. The van der Waals surface area contributed by atoms with Crippen molar-refractivity contribution in [1.29, 1.82) is 0 Å². The van der Waals surface area contributed by atoms with Crippen molar-refractivity contribution in [1.82, 2.24) is 20.4 Å². The van der Waals surface area contributed by atoms with E-state index in [1.807, 2.05) is 10.9 Å². The maximum absolute atomic E-state index is 6.18. The van der Waals surface area contributed by atoms with Gasteiger partial charge < -0.3 is 20.1 Å². The molecule has 1 atom stereocenters. The normalized spacial score (nSPS) is 16.8. The molecule has 0 saturated carbocycles. The highest BCUT2D eigenvalue weighted by molar-refractivity contribution is 5.79. The molecule has 2 heterocycles. The molecule has 0 radical (unpaired) electrons. The molecule has 0 aliphatic carbocycles. The molecule has 3 rings (SSSR count). The molecule has 158 valence electrons. The Morgan fingerprint density at radius 1 is 1.31 bits per heavy atom. The molecule has 7 heteroatoms. The fourth-order valence-electron chi connectivity index (χ4n) is 3.23. The lowest BCUT2D eigenvalue weighted by atomic mass is 10.1. The number of nitrogens with zero attached hydrogens (tertiary/aromatic N) is 3. The molecule has 2 N–H and O–H groups in total. The minimum Gasteiger partial charge on any atom is -0.488 e. The van der Waals surface area contributed by atoms with Gasteiger partial charge in [0.1, 0.15) is 11.9 Å². The predicted octanol–water partition coefficient (Wildman–Crippen LogP) is 2.81. The smallest absolute Gasteiger partial charge is 0.191 e. The maximum atomic E-state index is 6.18. The first-order valence-corrected chi connectivity index (χ1v) is 10.5. The van der Waals surface area contributed by atoms with Crippen LogP contribution in [-0.4, -0.2) is 48.1 Å². The van der Waals surface area contributed by atoms with Crippen LogP contribution in [0.3, 0.4) is 0 Å². The molecule has 1 aliphatic heterocycles. The van der Waals surface area contributed by atoms with Crippen molar-refractivity contribution in [3.63, 3.8) is 0 Å². The van der Waals surface area contributed by atoms with E-state index in [0.29, 0.717) is 13.2 Å². The van der Waals surface area contributed by atoms with Crippen LogP contribution in [0.25, 0.3) is 0 Å². The van der Waals surface area contributed by atoms with Gasteiger partial charge >= 0.3 is 0 Å². The lowest BCUT2D eigenvalue weighted by Gasteiger charge is -2.16. The zero-order valence-corrected chi connectivity index (χ0v) is 17.8. The number of rotatable bonds is 9. The van der Waals surface area contributed by atoms with E-state index in [2.05, 4.69) is 60.9 Å². The largest absolute Gasteiger partial charge is 0.488 e. The van der Waals surface area contributed by atoms with Crippen LogP contribution in [0.15, 0.2) is 35.6 Å². The van der Waals surface area contributed by atoms with E-state index in [0.717, 1.165) is 56.4 Å². The first-order valence-electron chi connectivity index (χ1n) is 10.5. The van der Waals surface area contributed by atoms with Gasteiger partial charge in [-0.3, -0.25) is 4.68 Å². The Morgan fingerprint density at radius 2 is 2.21 bits per heavy atom. The standard InChI is InChI=1S/C22H33N5O2/c1-4-23-22(24-9-5-10-27-15-18(3)13-26-27)25-14-19-7-6-17(2)12-21(19)29-20-8-11-28-16-20/h6-7,12-13,15,20H,4-5,8-11,14,16H2,1-3H3,(H2,23,24,25). The monoisotopic (exact) mass is 399 g/mol. The maximum Gasteiger partial charge on any atom is 0.191 e. The first-order chi connectivity index (χ1) is 14.1. The van der Waals surface area contributed by atoms with Gasteiger partial charge in [0.25, 0.3) is 0 Å². The molecular formula is C22H33N5O2. The van der Waals surface area contributed by atoms with E-state index in [1.54, 1.807) is 0 Å². The van der Waals surface area contributed by atoms with Gasteiger partial charge in [0.2, 0.25) is 0 Å². The summed E-state index contributed by atoms with van der Waals surface area (Å²) in [6, 6.07) is 6.30. The van der Waals surface area contributed by atoms with Gasteiger partial charge in [-0.15, -0.1) is 0 Å². The number of benzene rings is 1. The molecule has 1 fully saturated rings. The molecule has 1 aliphatic rings. The van der Waals surface area contributed by atoms with Crippen molar-refractivity contribution in [3.8, 4) is 5.75 Å². The van der Waals surface area contributed by atoms with E-state index in [4.69, 9.17) is 14.5 Å². The van der Waals surface area contributed by atoms with Crippen molar-refractivity contribution in [2.45, 2.75) is 52.8 Å². The summed E-state index contributed by atoms with van der Waals surface area (Å²) in [7, 11) is 0. The van der Waals surface area contributed by atoms with Gasteiger partial charge in [-0.2, -0.15) is 5.10 Å². The molecule has 29 heavy (non-hydrogen) atoms. The van der Waals surface area contributed by atoms with Crippen molar-refractivity contribution in [2.75, 3.05) is 26.3 Å². The predicted molar refractivity (Wildman–Crippen MR) is 115 cm³/mol. The van der Waals surface area contributed by atoms with Crippen LogP contribution in [0.1, 0.15) is 36.5 Å². The highest BCUT2D eigenvalue weighted by Crippen LogP contribution is 2.24. The Bertz CT molecular complexity index is 796. The third kappa shape index (κ3) is 6.78. The highest BCUT2D eigenvalue weighted by atomic mass is 16.5. The Balaban J connectivity index is 1.55. The molecule has 2 aromatic rings. The van der Waals surface area contributed by atoms with Gasteiger partial charge in [0.15, 0.2) is 5.96 Å². The van der Waals surface area contributed by atoms with E-state index in [1.165, 1.54) is 11.1 Å². The van der Waals surface area contributed by atoms with E-state index >= 15 is 0 Å². The average Bonchev–Trinajstić information content (AvgIpc) is 3.36. The average molecular weight is 400 g/mol. The van der Waals surface area contributed by atoms with Crippen LogP contribution in [0, 0.1) is 13.8 Å². The minimum absolute atomic E-state index is 0.136. The van der Waals surface area contributed by atoms with E-state index in [9.17, 15) is 0 Å². The van der Waals surface area contributed by atoms with Gasteiger partial charge in [-0.25, -0.2) is 4.99 Å². The zero-order chi connectivity index (χ0) is 20.5. The number of hydrogen-bond acceptors (Lipinski definition) is 4. The van der Waals surface area contributed by atoms with Crippen molar-refractivity contribution < 1.29 is 9.47 Å². The van der Waals surface area contributed by atoms with Crippen molar-refractivity contribution in [2.24, 2.45) is 4.99 Å². The SMILES string of the molecule is CCNC(=NCc1ccc(C)cc1OC1CCOC1)NCCCn1cc(C)cn1. The fourth-order valence-corrected chi connectivity index (χ4v) is 3.23. The second kappa shape index (κ2) is 10.9. The summed E-state index contributed by atoms with van der Waals surface area (Å²) in [5.41, 5.74) is 3.46. The zero-order valence-electron chi connectivity index (χ0n) is 17.8. The van der Waals surface area contributed by atoms with Crippen LogP contribution in [0.5, 0.6) is 5.75 Å². The highest BCUT2D eigenvalue weighted by Gasteiger charge is 2.18. The summed E-state index contributed by atoms with van der Waals surface area (Å²) in [5, 5.41) is 11.0. The topological polar surface area (TPSA) is 72.7 Å². The Hall–Kier alpha value is -2.54. The Morgan fingerprint density at radius 3 is 2.93 bits per heavy atom. The summed E-state index contributed by atoms with van der Waals surface area (Å²) < 4.78 is 13.6. The van der Waals surface area contributed by atoms with Crippen LogP contribution in [0.2, 0.25) is 0 Å². The number of nitrogens with one attached hydrogen (secondary N) is 2. The molecule has 1 aromatic heterocycles. The first kappa shape index (κ1) is 21.2.